The molecular formula is C18H24N4O2. The predicted octanol–water partition coefficient (Wildman–Crippen LogP) is 2.22. The lowest BCUT2D eigenvalue weighted by Crippen LogP contribution is -2.28. The van der Waals surface area contributed by atoms with Gasteiger partial charge < -0.3 is 15.4 Å². The van der Waals surface area contributed by atoms with E-state index in [1.54, 1.807) is 10.9 Å². The molecule has 1 saturated heterocycles. The van der Waals surface area contributed by atoms with Crippen LogP contribution in [-0.4, -0.2) is 46.3 Å². The number of aromatic nitrogens is 2. The van der Waals surface area contributed by atoms with Crippen LogP contribution in [0.3, 0.4) is 0 Å². The number of amides is 1. The van der Waals surface area contributed by atoms with Gasteiger partial charge in [-0.25, -0.2) is 4.68 Å². The summed E-state index contributed by atoms with van der Waals surface area (Å²) in [4.78, 5) is 13.6. The third-order valence-electron chi connectivity index (χ3n) is 4.52. The van der Waals surface area contributed by atoms with Crippen LogP contribution in [0.1, 0.15) is 36.5 Å². The van der Waals surface area contributed by atoms with E-state index in [4.69, 9.17) is 10.5 Å². The third-order valence-corrected chi connectivity index (χ3v) is 4.52. The smallest absolute Gasteiger partial charge is 0.251 e. The van der Waals surface area contributed by atoms with E-state index in [2.05, 4.69) is 16.9 Å². The van der Waals surface area contributed by atoms with Crippen LogP contribution in [0.5, 0.6) is 5.75 Å². The summed E-state index contributed by atoms with van der Waals surface area (Å²) < 4.78 is 7.43. The van der Waals surface area contributed by atoms with Crippen molar-refractivity contribution in [3.05, 3.63) is 42.2 Å². The van der Waals surface area contributed by atoms with Crippen LogP contribution in [0.2, 0.25) is 0 Å². The van der Waals surface area contributed by atoms with Crippen LogP contribution in [0.15, 0.2) is 36.7 Å². The van der Waals surface area contributed by atoms with Gasteiger partial charge in [0, 0.05) is 18.8 Å². The Labute approximate surface area is 142 Å². The summed E-state index contributed by atoms with van der Waals surface area (Å²) in [6.07, 6.45) is 6.75. The minimum atomic E-state index is -0.478. The van der Waals surface area contributed by atoms with Gasteiger partial charge in [0.05, 0.1) is 24.1 Å². The van der Waals surface area contributed by atoms with Crippen molar-refractivity contribution in [3.8, 4) is 11.4 Å². The first-order chi connectivity index (χ1) is 11.6. The van der Waals surface area contributed by atoms with Crippen LogP contribution < -0.4 is 10.5 Å². The third kappa shape index (κ3) is 3.94. The second-order valence-electron chi connectivity index (χ2n) is 6.26. The van der Waals surface area contributed by atoms with Crippen molar-refractivity contribution in [2.24, 2.45) is 5.73 Å². The highest BCUT2D eigenvalue weighted by atomic mass is 16.5. The fourth-order valence-corrected chi connectivity index (χ4v) is 3.07. The molecule has 0 saturated carbocycles. The van der Waals surface area contributed by atoms with E-state index in [9.17, 15) is 4.79 Å². The average molecular weight is 328 g/mol. The van der Waals surface area contributed by atoms with Gasteiger partial charge in [0.25, 0.3) is 5.91 Å². The second-order valence-corrected chi connectivity index (χ2v) is 6.26. The number of hydrogen-bond acceptors (Lipinski definition) is 4. The topological polar surface area (TPSA) is 73.4 Å². The molecule has 1 aliphatic rings. The van der Waals surface area contributed by atoms with Gasteiger partial charge in [0.1, 0.15) is 5.75 Å². The number of carbonyl (C=O) groups is 1. The van der Waals surface area contributed by atoms with Gasteiger partial charge in [-0.2, -0.15) is 5.10 Å². The minimum absolute atomic E-state index is 0.395. The van der Waals surface area contributed by atoms with Gasteiger partial charge in [-0.3, -0.25) is 4.79 Å². The lowest BCUT2D eigenvalue weighted by Gasteiger charge is -2.20. The van der Waals surface area contributed by atoms with Crippen LogP contribution in [0.4, 0.5) is 0 Å². The number of nitrogens with zero attached hydrogens (tertiary/aromatic N) is 3. The number of primary amides is 1. The summed E-state index contributed by atoms with van der Waals surface area (Å²) in [5, 5.41) is 4.13. The van der Waals surface area contributed by atoms with Gasteiger partial charge in [-0.15, -0.1) is 0 Å². The molecule has 128 valence electrons. The molecule has 1 aromatic carbocycles. The first kappa shape index (κ1) is 16.5. The standard InChI is InChI=1S/C18H24N4O2/c1-14-4-2-9-21(14)10-3-11-24-17-7-5-16(6-8-17)22-13-15(12-20-22)18(19)23/h5-8,12-14H,2-4,9-11H2,1H3,(H2,19,23)/t14-/m1/s1. The average Bonchev–Trinajstić information content (AvgIpc) is 3.22. The summed E-state index contributed by atoms with van der Waals surface area (Å²) in [6, 6.07) is 8.37. The molecule has 6 heteroatoms. The van der Waals surface area contributed by atoms with Crippen LogP contribution >= 0.6 is 0 Å². The summed E-state index contributed by atoms with van der Waals surface area (Å²) in [6.45, 7) is 5.33. The van der Waals surface area contributed by atoms with Crippen molar-refractivity contribution >= 4 is 5.91 Å². The molecule has 1 aliphatic heterocycles. The molecule has 24 heavy (non-hydrogen) atoms. The lowest BCUT2D eigenvalue weighted by molar-refractivity contribution is 0.100. The molecule has 0 unspecified atom stereocenters. The number of rotatable bonds is 7. The predicted molar refractivity (Wildman–Crippen MR) is 92.5 cm³/mol. The number of ether oxygens (including phenoxy) is 1. The van der Waals surface area contributed by atoms with Crippen LogP contribution in [-0.2, 0) is 0 Å². The van der Waals surface area contributed by atoms with Crippen molar-refractivity contribution < 1.29 is 9.53 Å². The molecule has 3 rings (SSSR count). The molecule has 0 bridgehead atoms. The number of likely N-dealkylation sites (tertiary alicyclic amines) is 1. The Balaban J connectivity index is 1.48. The van der Waals surface area contributed by atoms with Gasteiger partial charge in [0.2, 0.25) is 0 Å². The van der Waals surface area contributed by atoms with Crippen molar-refractivity contribution in [1.82, 2.24) is 14.7 Å². The molecule has 0 radical (unpaired) electrons. The van der Waals surface area contributed by atoms with Gasteiger partial charge in [-0.05, 0) is 57.0 Å². The maximum atomic E-state index is 11.1. The maximum absolute atomic E-state index is 11.1. The quantitative estimate of drug-likeness (QED) is 0.791. The van der Waals surface area contributed by atoms with E-state index >= 15 is 0 Å². The molecule has 0 spiro atoms. The molecule has 0 aliphatic carbocycles. The Morgan fingerprint density at radius 2 is 2.17 bits per heavy atom. The zero-order valence-corrected chi connectivity index (χ0v) is 14.0. The highest BCUT2D eigenvalue weighted by Gasteiger charge is 2.19. The number of hydrogen-bond donors (Lipinski definition) is 1. The Hall–Kier alpha value is -2.34. The van der Waals surface area contributed by atoms with E-state index < -0.39 is 5.91 Å². The minimum Gasteiger partial charge on any atom is -0.494 e. The molecule has 1 aromatic heterocycles. The highest BCUT2D eigenvalue weighted by Crippen LogP contribution is 2.18. The van der Waals surface area contributed by atoms with Crippen LogP contribution in [0.25, 0.3) is 5.69 Å². The molecule has 1 amide bonds. The monoisotopic (exact) mass is 328 g/mol. The SMILES string of the molecule is C[C@@H]1CCCN1CCCOc1ccc(-n2cc(C(N)=O)cn2)cc1. The fraction of sp³-hybridized carbons (Fsp3) is 0.444. The Morgan fingerprint density at radius 1 is 1.38 bits per heavy atom. The van der Waals surface area contributed by atoms with E-state index in [-0.39, 0.29) is 0 Å². The van der Waals surface area contributed by atoms with E-state index in [0.717, 1.165) is 31.0 Å². The zero-order chi connectivity index (χ0) is 16.9. The molecule has 1 atom stereocenters. The van der Waals surface area contributed by atoms with E-state index in [0.29, 0.717) is 11.6 Å². The van der Waals surface area contributed by atoms with Crippen molar-refractivity contribution in [3.63, 3.8) is 0 Å². The number of benzene rings is 1. The number of carbonyl (C=O) groups excluding carboxylic acids is 1. The molecule has 1 fully saturated rings. The largest absolute Gasteiger partial charge is 0.494 e. The van der Waals surface area contributed by atoms with Crippen LogP contribution in [0, 0.1) is 0 Å². The summed E-state index contributed by atoms with van der Waals surface area (Å²) in [5.41, 5.74) is 6.49. The second kappa shape index (κ2) is 7.49. The van der Waals surface area contributed by atoms with Gasteiger partial charge >= 0.3 is 0 Å². The normalized spacial score (nSPS) is 18.0. The van der Waals surface area contributed by atoms with Gasteiger partial charge in [-0.1, -0.05) is 0 Å². The van der Waals surface area contributed by atoms with Gasteiger partial charge in [0.15, 0.2) is 0 Å². The Bertz CT molecular complexity index is 681. The van der Waals surface area contributed by atoms with Crippen molar-refractivity contribution in [2.45, 2.75) is 32.2 Å². The molecule has 2 aromatic rings. The summed E-state index contributed by atoms with van der Waals surface area (Å²) in [7, 11) is 0. The lowest BCUT2D eigenvalue weighted by atomic mass is 10.2. The Kier molecular flexibility index (Phi) is 5.15. The van der Waals surface area contributed by atoms with E-state index in [1.807, 2.05) is 24.3 Å². The Morgan fingerprint density at radius 3 is 2.79 bits per heavy atom. The molecule has 2 heterocycles. The molecular weight excluding hydrogens is 304 g/mol. The fourth-order valence-electron chi connectivity index (χ4n) is 3.07. The van der Waals surface area contributed by atoms with E-state index in [1.165, 1.54) is 25.6 Å². The first-order valence-corrected chi connectivity index (χ1v) is 8.45. The zero-order valence-electron chi connectivity index (χ0n) is 14.0. The molecule has 6 nitrogen and oxygen atoms in total. The van der Waals surface area contributed by atoms with Crippen molar-refractivity contribution in [2.75, 3.05) is 19.7 Å². The highest BCUT2D eigenvalue weighted by molar-refractivity contribution is 5.92. The summed E-state index contributed by atoms with van der Waals surface area (Å²) >= 11 is 0. The first-order valence-electron chi connectivity index (χ1n) is 8.45. The van der Waals surface area contributed by atoms with Crippen molar-refractivity contribution in [1.29, 1.82) is 0 Å². The maximum Gasteiger partial charge on any atom is 0.251 e. The number of nitrogens with two attached hydrogens (primary N) is 1. The molecule has 2 N–H and O–H groups in total. The summed E-state index contributed by atoms with van der Waals surface area (Å²) in [5.74, 6) is 0.365.